The molecule has 0 saturated heterocycles. The SMILES string of the molecule is CCCN(CCC)C(/C=C(\N)Nc1ccc2ncc(/C(C=N)=C/NC)cc2n1)=C/N. The van der Waals surface area contributed by atoms with Crippen LogP contribution in [-0.4, -0.2) is 41.2 Å². The molecule has 7 N–H and O–H groups in total. The number of fused-ring (bicyclic) bond motifs is 1. The molecule has 0 aromatic carbocycles. The van der Waals surface area contributed by atoms with E-state index in [2.05, 4.69) is 39.3 Å². The van der Waals surface area contributed by atoms with Gasteiger partial charge in [-0.15, -0.1) is 0 Å². The fraction of sp³-hybridized carbons (Fsp3) is 0.318. The van der Waals surface area contributed by atoms with Crippen molar-refractivity contribution < 1.29 is 0 Å². The third kappa shape index (κ3) is 5.97. The summed E-state index contributed by atoms with van der Waals surface area (Å²) in [6.07, 6.45) is 10.2. The molecule has 2 aromatic heterocycles. The fourth-order valence-corrected chi connectivity index (χ4v) is 3.10. The molecule has 0 aliphatic heterocycles. The van der Waals surface area contributed by atoms with Crippen LogP contribution in [0.15, 0.2) is 54.4 Å². The lowest BCUT2D eigenvalue weighted by atomic mass is 10.1. The first kappa shape index (κ1) is 22.7. The molecule has 0 atom stereocenters. The van der Waals surface area contributed by atoms with Crippen molar-refractivity contribution in [3.8, 4) is 0 Å². The molecule has 0 amide bonds. The maximum atomic E-state index is 7.58. The van der Waals surface area contributed by atoms with Crippen molar-refractivity contribution in [3.63, 3.8) is 0 Å². The molecule has 0 spiro atoms. The smallest absolute Gasteiger partial charge is 0.132 e. The van der Waals surface area contributed by atoms with Crippen molar-refractivity contribution in [3.05, 3.63) is 60.0 Å². The molecule has 2 rings (SSSR count). The molecule has 0 aliphatic carbocycles. The number of anilines is 1. The Morgan fingerprint density at radius 2 is 1.93 bits per heavy atom. The zero-order valence-corrected chi connectivity index (χ0v) is 17.9. The van der Waals surface area contributed by atoms with Gasteiger partial charge in [0.25, 0.3) is 0 Å². The lowest BCUT2D eigenvalue weighted by Crippen LogP contribution is -2.26. The third-order valence-corrected chi connectivity index (χ3v) is 4.42. The van der Waals surface area contributed by atoms with Crippen molar-refractivity contribution >= 4 is 28.6 Å². The van der Waals surface area contributed by atoms with Crippen LogP contribution >= 0.6 is 0 Å². The second-order valence-corrected chi connectivity index (χ2v) is 6.79. The van der Waals surface area contributed by atoms with Crippen molar-refractivity contribution in [2.45, 2.75) is 26.7 Å². The Labute approximate surface area is 178 Å². The molecule has 2 heterocycles. The van der Waals surface area contributed by atoms with Gasteiger partial charge in [-0.3, -0.25) is 4.98 Å². The number of hydrogen-bond donors (Lipinski definition) is 5. The highest BCUT2D eigenvalue weighted by Crippen LogP contribution is 2.19. The van der Waals surface area contributed by atoms with E-state index in [4.69, 9.17) is 16.9 Å². The molecule has 30 heavy (non-hydrogen) atoms. The Morgan fingerprint density at radius 3 is 2.53 bits per heavy atom. The first-order chi connectivity index (χ1) is 14.6. The van der Waals surface area contributed by atoms with E-state index >= 15 is 0 Å². The zero-order chi connectivity index (χ0) is 21.9. The second kappa shape index (κ2) is 11.5. The number of nitrogens with zero attached hydrogens (tertiary/aromatic N) is 3. The number of pyridine rings is 2. The van der Waals surface area contributed by atoms with Crippen LogP contribution in [0.25, 0.3) is 16.6 Å². The van der Waals surface area contributed by atoms with E-state index in [-0.39, 0.29) is 0 Å². The summed E-state index contributed by atoms with van der Waals surface area (Å²) in [6.45, 7) is 6.11. The van der Waals surface area contributed by atoms with Crippen LogP contribution in [0, 0.1) is 5.41 Å². The van der Waals surface area contributed by atoms with Gasteiger partial charge in [0.15, 0.2) is 0 Å². The highest BCUT2D eigenvalue weighted by molar-refractivity contribution is 6.08. The largest absolute Gasteiger partial charge is 0.403 e. The minimum atomic E-state index is 0.454. The Bertz CT molecular complexity index is 939. The quantitative estimate of drug-likeness (QED) is 0.285. The maximum Gasteiger partial charge on any atom is 0.132 e. The zero-order valence-electron chi connectivity index (χ0n) is 17.9. The summed E-state index contributed by atoms with van der Waals surface area (Å²) in [5.41, 5.74) is 15.9. The van der Waals surface area contributed by atoms with E-state index < -0.39 is 0 Å². The van der Waals surface area contributed by atoms with E-state index in [9.17, 15) is 0 Å². The highest BCUT2D eigenvalue weighted by Gasteiger charge is 2.08. The Morgan fingerprint density at radius 1 is 1.20 bits per heavy atom. The minimum absolute atomic E-state index is 0.454. The maximum absolute atomic E-state index is 7.58. The molecule has 160 valence electrons. The summed E-state index contributed by atoms with van der Waals surface area (Å²) in [6, 6.07) is 5.61. The van der Waals surface area contributed by atoms with Gasteiger partial charge in [-0.2, -0.15) is 0 Å². The monoisotopic (exact) mass is 408 g/mol. The lowest BCUT2D eigenvalue weighted by Gasteiger charge is -2.24. The van der Waals surface area contributed by atoms with Gasteiger partial charge in [-0.25, -0.2) is 4.98 Å². The summed E-state index contributed by atoms with van der Waals surface area (Å²) >= 11 is 0. The van der Waals surface area contributed by atoms with Crippen LogP contribution in [-0.2, 0) is 0 Å². The summed E-state index contributed by atoms with van der Waals surface area (Å²) < 4.78 is 0. The van der Waals surface area contributed by atoms with Crippen LogP contribution in [0.2, 0.25) is 0 Å². The fourth-order valence-electron chi connectivity index (χ4n) is 3.10. The predicted molar refractivity (Wildman–Crippen MR) is 126 cm³/mol. The van der Waals surface area contributed by atoms with Gasteiger partial charge in [-0.05, 0) is 31.0 Å². The summed E-state index contributed by atoms with van der Waals surface area (Å²) in [5, 5.41) is 13.7. The molecule has 8 nitrogen and oxygen atoms in total. The molecule has 0 aliphatic rings. The lowest BCUT2D eigenvalue weighted by molar-refractivity contribution is 0.353. The molecule has 0 bridgehead atoms. The average Bonchev–Trinajstić information content (AvgIpc) is 2.75. The number of allylic oxidation sites excluding steroid dienone is 2. The van der Waals surface area contributed by atoms with E-state index in [1.54, 1.807) is 25.6 Å². The minimum Gasteiger partial charge on any atom is -0.403 e. The summed E-state index contributed by atoms with van der Waals surface area (Å²) in [4.78, 5) is 11.3. The predicted octanol–water partition coefficient (Wildman–Crippen LogP) is 2.97. The van der Waals surface area contributed by atoms with Crippen LogP contribution < -0.4 is 22.1 Å². The molecule has 0 unspecified atom stereocenters. The first-order valence-corrected chi connectivity index (χ1v) is 10.1. The first-order valence-electron chi connectivity index (χ1n) is 10.1. The van der Waals surface area contributed by atoms with Gasteiger partial charge in [-0.1, -0.05) is 13.8 Å². The van der Waals surface area contributed by atoms with Gasteiger partial charge in [0.2, 0.25) is 0 Å². The summed E-state index contributed by atoms with van der Waals surface area (Å²) in [5.74, 6) is 1.06. The standard InChI is InChI=1S/C22H32N8/c1-4-8-30(9-5-2)18(13-24)11-21(25)29-22-7-6-19-20(28-22)10-16(15-27-19)17(12-23)14-26-3/h6-7,10-15,23,26H,4-5,8-9,24-25H2,1-3H3,(H,28,29)/b17-14+,18-13+,21-11+,23-12?. The van der Waals surface area contributed by atoms with Crippen molar-refractivity contribution in [1.29, 1.82) is 5.41 Å². The van der Waals surface area contributed by atoms with E-state index in [0.717, 1.165) is 48.3 Å². The average molecular weight is 409 g/mol. The Kier molecular flexibility index (Phi) is 8.68. The van der Waals surface area contributed by atoms with Crippen molar-refractivity contribution in [2.75, 3.05) is 25.5 Å². The van der Waals surface area contributed by atoms with Crippen molar-refractivity contribution in [1.82, 2.24) is 20.2 Å². The van der Waals surface area contributed by atoms with E-state index in [0.29, 0.717) is 17.2 Å². The number of hydrogen-bond acceptors (Lipinski definition) is 8. The van der Waals surface area contributed by atoms with Gasteiger partial charge in [0.05, 0.1) is 16.7 Å². The van der Waals surface area contributed by atoms with Gasteiger partial charge in [0.1, 0.15) is 11.6 Å². The van der Waals surface area contributed by atoms with Crippen molar-refractivity contribution in [2.24, 2.45) is 11.5 Å². The normalized spacial score (nSPS) is 12.7. The molecule has 0 fully saturated rings. The van der Waals surface area contributed by atoms with Gasteiger partial charge >= 0.3 is 0 Å². The topological polar surface area (TPSA) is 129 Å². The molecule has 2 aromatic rings. The molecule has 0 saturated carbocycles. The van der Waals surface area contributed by atoms with E-state index in [1.807, 2.05) is 24.3 Å². The number of aromatic nitrogens is 2. The Hall–Kier alpha value is -3.55. The molecule has 0 radical (unpaired) electrons. The van der Waals surface area contributed by atoms with E-state index in [1.165, 1.54) is 6.21 Å². The Balaban J connectivity index is 2.28. The molecular formula is C22H32N8. The summed E-state index contributed by atoms with van der Waals surface area (Å²) in [7, 11) is 1.79. The van der Waals surface area contributed by atoms with Crippen LogP contribution in [0.4, 0.5) is 5.82 Å². The highest BCUT2D eigenvalue weighted by atomic mass is 15.1. The van der Waals surface area contributed by atoms with Crippen LogP contribution in [0.5, 0.6) is 0 Å². The van der Waals surface area contributed by atoms with Crippen LogP contribution in [0.3, 0.4) is 0 Å². The third-order valence-electron chi connectivity index (χ3n) is 4.42. The van der Waals surface area contributed by atoms with Crippen LogP contribution in [0.1, 0.15) is 32.3 Å². The number of nitrogens with one attached hydrogen (secondary N) is 3. The van der Waals surface area contributed by atoms with Gasteiger partial charge < -0.3 is 32.4 Å². The second-order valence-electron chi connectivity index (χ2n) is 6.79. The number of rotatable bonds is 11. The number of nitrogens with two attached hydrogens (primary N) is 2. The molecular weight excluding hydrogens is 376 g/mol. The molecule has 8 heteroatoms. The van der Waals surface area contributed by atoms with Gasteiger partial charge in [0, 0.05) is 62.2 Å².